The van der Waals surface area contributed by atoms with Crippen LogP contribution in [0.15, 0.2) is 42.9 Å². The minimum absolute atomic E-state index is 0.170. The lowest BCUT2D eigenvalue weighted by Gasteiger charge is -2.27. The van der Waals surface area contributed by atoms with Crippen molar-refractivity contribution in [2.45, 2.75) is 33.5 Å². The number of aryl methyl sites for hydroxylation is 1. The van der Waals surface area contributed by atoms with E-state index in [0.29, 0.717) is 33.9 Å². The molecule has 0 fully saturated rings. The number of rotatable bonds is 4. The van der Waals surface area contributed by atoms with E-state index in [0.717, 1.165) is 13.8 Å². The van der Waals surface area contributed by atoms with Crippen molar-refractivity contribution in [1.29, 1.82) is 0 Å². The number of aromatic nitrogens is 6. The first kappa shape index (κ1) is 19.9. The summed E-state index contributed by atoms with van der Waals surface area (Å²) >= 11 is 0. The molecule has 0 saturated carbocycles. The summed E-state index contributed by atoms with van der Waals surface area (Å²) in [5, 5.41) is 18.3. The Morgan fingerprint density at radius 3 is 2.57 bits per heavy atom. The average Bonchev–Trinajstić information content (AvgIpc) is 3.25. The predicted octanol–water partition coefficient (Wildman–Crippen LogP) is 4.26. The molecular formula is C20H19F3N6O. The highest BCUT2D eigenvalue weighted by molar-refractivity contribution is 5.81. The molecule has 4 aromatic rings. The molecule has 0 atom stereocenters. The average molecular weight is 416 g/mol. The lowest BCUT2D eigenvalue weighted by atomic mass is 9.93. The second-order valence-corrected chi connectivity index (χ2v) is 7.75. The molecule has 156 valence electrons. The van der Waals surface area contributed by atoms with Crippen LogP contribution in [0.5, 0.6) is 5.88 Å². The Balaban J connectivity index is 1.75. The zero-order valence-corrected chi connectivity index (χ0v) is 16.5. The zero-order chi connectivity index (χ0) is 21.7. The highest BCUT2D eigenvalue weighted by atomic mass is 19.4. The van der Waals surface area contributed by atoms with E-state index < -0.39 is 11.6 Å². The van der Waals surface area contributed by atoms with Gasteiger partial charge >= 0.3 is 6.18 Å². The minimum Gasteiger partial charge on any atom is -0.493 e. The van der Waals surface area contributed by atoms with Gasteiger partial charge in [-0.15, -0.1) is 0 Å². The molecule has 30 heavy (non-hydrogen) atoms. The number of pyridine rings is 2. The summed E-state index contributed by atoms with van der Waals surface area (Å²) in [6, 6.07) is 6.65. The van der Waals surface area contributed by atoms with Crippen LogP contribution < -0.4 is 0 Å². The Kier molecular flexibility index (Phi) is 4.52. The van der Waals surface area contributed by atoms with Crippen molar-refractivity contribution < 1.29 is 18.3 Å². The van der Waals surface area contributed by atoms with Crippen molar-refractivity contribution in [3.63, 3.8) is 0 Å². The van der Waals surface area contributed by atoms with Crippen molar-refractivity contribution in [2.24, 2.45) is 5.41 Å². The van der Waals surface area contributed by atoms with Gasteiger partial charge in [-0.2, -0.15) is 23.4 Å². The summed E-state index contributed by atoms with van der Waals surface area (Å²) < 4.78 is 42.5. The third-order valence-electron chi connectivity index (χ3n) is 4.87. The Bertz CT molecular complexity index is 1220. The third kappa shape index (κ3) is 3.60. The Morgan fingerprint density at radius 1 is 1.07 bits per heavy atom. The number of fused-ring (bicyclic) bond motifs is 1. The first-order valence-corrected chi connectivity index (χ1v) is 9.16. The smallest absolute Gasteiger partial charge is 0.395 e. The molecule has 0 aliphatic heterocycles. The fourth-order valence-corrected chi connectivity index (χ4v) is 3.13. The monoisotopic (exact) mass is 416 g/mol. The number of alkyl halides is 3. The van der Waals surface area contributed by atoms with Gasteiger partial charge in [-0.25, -0.2) is 14.5 Å². The van der Waals surface area contributed by atoms with Crippen LogP contribution in [-0.4, -0.2) is 40.6 Å². The number of hydrogen-bond acceptors (Lipinski definition) is 5. The van der Waals surface area contributed by atoms with Crippen molar-refractivity contribution in [3.05, 3.63) is 48.7 Å². The van der Waals surface area contributed by atoms with Gasteiger partial charge in [0.05, 0.1) is 23.9 Å². The number of aromatic hydroxyl groups is 1. The van der Waals surface area contributed by atoms with E-state index in [1.54, 1.807) is 42.0 Å². The number of halogens is 3. The maximum Gasteiger partial charge on any atom is 0.395 e. The lowest BCUT2D eigenvalue weighted by molar-refractivity contribution is -0.216. The molecular weight excluding hydrogens is 397 g/mol. The quantitative estimate of drug-likeness (QED) is 0.538. The SMILES string of the molecule is Cc1nc2cc(-c3nc(O)ccc3-c3cnn(CC(C)(C)C(F)(F)F)c3)ccn2n1. The van der Waals surface area contributed by atoms with Crippen LogP contribution in [0.25, 0.3) is 28.0 Å². The molecule has 0 aromatic carbocycles. The van der Waals surface area contributed by atoms with Crippen molar-refractivity contribution in [3.8, 4) is 28.3 Å². The Labute approximate surface area is 169 Å². The standard InChI is InChI=1S/C20H19F3N6O/c1-12-25-16-8-13(6-7-29(16)27-12)18-15(4-5-17(30)26-18)14-9-24-28(10-14)11-19(2,3)20(21,22)23/h4-10H,11H2,1-3H3,(H,26,30). The van der Waals surface area contributed by atoms with Gasteiger partial charge in [0, 0.05) is 35.2 Å². The summed E-state index contributed by atoms with van der Waals surface area (Å²) in [7, 11) is 0. The van der Waals surface area contributed by atoms with Gasteiger partial charge in [0.1, 0.15) is 5.82 Å². The van der Waals surface area contributed by atoms with Gasteiger partial charge in [0.15, 0.2) is 5.65 Å². The van der Waals surface area contributed by atoms with Gasteiger partial charge in [-0.3, -0.25) is 4.68 Å². The highest BCUT2D eigenvalue weighted by Crippen LogP contribution is 2.39. The van der Waals surface area contributed by atoms with Crippen LogP contribution in [0.3, 0.4) is 0 Å². The number of hydrogen-bond donors (Lipinski definition) is 1. The largest absolute Gasteiger partial charge is 0.493 e. The normalized spacial score (nSPS) is 12.6. The van der Waals surface area contributed by atoms with E-state index in [1.807, 2.05) is 0 Å². The summed E-state index contributed by atoms with van der Waals surface area (Å²) in [6.07, 6.45) is 0.417. The Hall–Kier alpha value is -3.43. The molecule has 0 spiro atoms. The first-order valence-electron chi connectivity index (χ1n) is 9.16. The fourth-order valence-electron chi connectivity index (χ4n) is 3.13. The van der Waals surface area contributed by atoms with Crippen molar-refractivity contribution in [1.82, 2.24) is 29.4 Å². The maximum absolute atomic E-state index is 13.2. The van der Waals surface area contributed by atoms with Crippen LogP contribution >= 0.6 is 0 Å². The van der Waals surface area contributed by atoms with Crippen molar-refractivity contribution in [2.75, 3.05) is 0 Å². The molecule has 10 heteroatoms. The van der Waals surface area contributed by atoms with Gasteiger partial charge in [-0.1, -0.05) is 0 Å². The van der Waals surface area contributed by atoms with Crippen LogP contribution in [-0.2, 0) is 6.54 Å². The molecule has 4 rings (SSSR count). The van der Waals surface area contributed by atoms with E-state index in [1.165, 1.54) is 16.9 Å². The molecule has 0 amide bonds. The molecule has 4 heterocycles. The maximum atomic E-state index is 13.2. The van der Waals surface area contributed by atoms with E-state index in [4.69, 9.17) is 0 Å². The second-order valence-electron chi connectivity index (χ2n) is 7.75. The van der Waals surface area contributed by atoms with E-state index >= 15 is 0 Å². The predicted molar refractivity (Wildman–Crippen MR) is 104 cm³/mol. The molecule has 0 aliphatic carbocycles. The summed E-state index contributed by atoms with van der Waals surface area (Å²) in [6.45, 7) is 3.74. The molecule has 0 aliphatic rings. The molecule has 0 bridgehead atoms. The summed E-state index contributed by atoms with van der Waals surface area (Å²) in [4.78, 5) is 8.57. The van der Waals surface area contributed by atoms with Gasteiger partial charge in [-0.05, 0) is 39.0 Å². The Morgan fingerprint density at radius 2 is 1.83 bits per heavy atom. The highest BCUT2D eigenvalue weighted by Gasteiger charge is 2.47. The van der Waals surface area contributed by atoms with Gasteiger partial charge in [0.25, 0.3) is 0 Å². The van der Waals surface area contributed by atoms with Crippen LogP contribution in [0.2, 0.25) is 0 Å². The molecule has 0 saturated heterocycles. The van der Waals surface area contributed by atoms with Crippen molar-refractivity contribution >= 4 is 5.65 Å². The second kappa shape index (κ2) is 6.82. The topological polar surface area (TPSA) is 81.1 Å². The third-order valence-corrected chi connectivity index (χ3v) is 4.87. The molecule has 7 nitrogen and oxygen atoms in total. The molecule has 0 radical (unpaired) electrons. The van der Waals surface area contributed by atoms with Crippen LogP contribution in [0.4, 0.5) is 13.2 Å². The van der Waals surface area contributed by atoms with Gasteiger partial charge < -0.3 is 5.11 Å². The minimum atomic E-state index is -4.35. The zero-order valence-electron chi connectivity index (χ0n) is 16.5. The van der Waals surface area contributed by atoms with Crippen LogP contribution in [0.1, 0.15) is 19.7 Å². The van der Waals surface area contributed by atoms with Gasteiger partial charge in [0.2, 0.25) is 5.88 Å². The first-order chi connectivity index (χ1) is 14.0. The summed E-state index contributed by atoms with van der Waals surface area (Å²) in [5.74, 6) is 0.446. The van der Waals surface area contributed by atoms with E-state index in [2.05, 4.69) is 20.2 Å². The molecule has 4 aromatic heterocycles. The number of nitrogens with zero attached hydrogens (tertiary/aromatic N) is 6. The lowest BCUT2D eigenvalue weighted by Crippen LogP contribution is -2.36. The fraction of sp³-hybridized carbons (Fsp3) is 0.300. The van der Waals surface area contributed by atoms with E-state index in [-0.39, 0.29) is 12.4 Å². The molecule has 1 N–H and O–H groups in total. The molecule has 0 unspecified atom stereocenters. The van der Waals surface area contributed by atoms with E-state index in [9.17, 15) is 18.3 Å². The van der Waals surface area contributed by atoms with Crippen LogP contribution in [0, 0.1) is 12.3 Å². The summed E-state index contributed by atoms with van der Waals surface area (Å²) in [5.41, 5.74) is 1.06.